The summed E-state index contributed by atoms with van der Waals surface area (Å²) in [7, 11) is 0. The number of hydrogen-bond donors (Lipinski definition) is 1. The number of halogens is 1. The first-order valence-electron chi connectivity index (χ1n) is 7.91. The molecule has 7 heteroatoms. The Labute approximate surface area is 155 Å². The number of esters is 1. The molecule has 0 saturated carbocycles. The van der Waals surface area contributed by atoms with Crippen LogP contribution in [0.5, 0.6) is 0 Å². The zero-order chi connectivity index (χ0) is 18.4. The average molecular weight is 370 g/mol. The molecule has 2 aromatic heterocycles. The number of nitrogens with one attached hydrogen (secondary N) is 1. The second kappa shape index (κ2) is 8.31. The van der Waals surface area contributed by atoms with Crippen LogP contribution < -0.4 is 5.32 Å². The zero-order valence-electron chi connectivity index (χ0n) is 13.8. The number of hydrogen-bond acceptors (Lipinski definition) is 4. The molecule has 0 aliphatic rings. The van der Waals surface area contributed by atoms with E-state index in [-0.39, 0.29) is 13.2 Å². The predicted octanol–water partition coefficient (Wildman–Crippen LogP) is 2.86. The second-order valence-corrected chi connectivity index (χ2v) is 5.77. The van der Waals surface area contributed by atoms with Crippen molar-refractivity contribution in [1.29, 1.82) is 0 Å². The predicted molar refractivity (Wildman–Crippen MR) is 98.5 cm³/mol. The molecule has 0 aliphatic heterocycles. The first kappa shape index (κ1) is 17.7. The molecule has 6 nitrogen and oxygen atoms in total. The summed E-state index contributed by atoms with van der Waals surface area (Å²) in [5.74, 6) is -0.938. The molecule has 1 aromatic carbocycles. The summed E-state index contributed by atoms with van der Waals surface area (Å²) in [6, 6.07) is 14.8. The number of nitrogens with zero attached hydrogens (tertiary/aromatic N) is 2. The van der Waals surface area contributed by atoms with Gasteiger partial charge in [0.05, 0.1) is 5.69 Å². The summed E-state index contributed by atoms with van der Waals surface area (Å²) >= 11 is 6.09. The van der Waals surface area contributed by atoms with Crippen LogP contribution in [0.2, 0.25) is 5.15 Å². The third-order valence-electron chi connectivity index (χ3n) is 3.56. The van der Waals surface area contributed by atoms with Crippen LogP contribution in [0.4, 0.5) is 0 Å². The minimum absolute atomic E-state index is 0.169. The van der Waals surface area contributed by atoms with Crippen molar-refractivity contribution < 1.29 is 14.3 Å². The lowest BCUT2D eigenvalue weighted by Crippen LogP contribution is -2.29. The topological polar surface area (TPSA) is 72.7 Å². The van der Waals surface area contributed by atoms with Crippen LogP contribution in [0.15, 0.2) is 60.8 Å². The average Bonchev–Trinajstić information content (AvgIpc) is 2.99. The zero-order valence-corrected chi connectivity index (χ0v) is 14.5. The van der Waals surface area contributed by atoms with Crippen molar-refractivity contribution in [2.24, 2.45) is 0 Å². The number of pyridine rings is 1. The van der Waals surface area contributed by atoms with Crippen LogP contribution in [-0.4, -0.2) is 27.8 Å². The lowest BCUT2D eigenvalue weighted by atomic mass is 10.2. The smallest absolute Gasteiger partial charge is 0.325 e. The lowest BCUT2D eigenvalue weighted by molar-refractivity contribution is -0.144. The van der Waals surface area contributed by atoms with Crippen LogP contribution in [0, 0.1) is 0 Å². The van der Waals surface area contributed by atoms with Crippen molar-refractivity contribution in [3.05, 3.63) is 77.2 Å². The molecule has 132 valence electrons. The highest BCUT2D eigenvalue weighted by molar-refractivity contribution is 6.31. The van der Waals surface area contributed by atoms with Crippen LogP contribution >= 0.6 is 11.6 Å². The molecule has 2 heterocycles. The molecule has 1 N–H and O–H groups in total. The number of fused-ring (bicyclic) bond motifs is 1. The Hall–Kier alpha value is -3.12. The number of ether oxygens (including phenoxy) is 1. The van der Waals surface area contributed by atoms with Crippen molar-refractivity contribution in [2.45, 2.75) is 6.61 Å². The summed E-state index contributed by atoms with van der Waals surface area (Å²) in [6.07, 6.45) is 4.65. The highest BCUT2D eigenvalue weighted by atomic mass is 35.5. The number of imidazole rings is 1. The molecule has 3 aromatic rings. The number of carbonyl (C=O) groups excluding carboxylic acids is 2. The van der Waals surface area contributed by atoms with Gasteiger partial charge >= 0.3 is 5.97 Å². The fourth-order valence-corrected chi connectivity index (χ4v) is 2.54. The van der Waals surface area contributed by atoms with Gasteiger partial charge in [0.25, 0.3) is 0 Å². The summed E-state index contributed by atoms with van der Waals surface area (Å²) < 4.78 is 6.86. The van der Waals surface area contributed by atoms with E-state index >= 15 is 0 Å². The van der Waals surface area contributed by atoms with Crippen molar-refractivity contribution in [2.75, 3.05) is 6.54 Å². The summed E-state index contributed by atoms with van der Waals surface area (Å²) in [4.78, 5) is 27.8. The Morgan fingerprint density at radius 1 is 1.15 bits per heavy atom. The minimum atomic E-state index is -0.511. The van der Waals surface area contributed by atoms with Crippen molar-refractivity contribution in [1.82, 2.24) is 14.7 Å². The Morgan fingerprint density at radius 3 is 2.73 bits per heavy atom. The van der Waals surface area contributed by atoms with Gasteiger partial charge < -0.3 is 10.1 Å². The van der Waals surface area contributed by atoms with E-state index in [9.17, 15) is 9.59 Å². The van der Waals surface area contributed by atoms with Gasteiger partial charge in [-0.2, -0.15) is 0 Å². The molecule has 0 atom stereocenters. The van der Waals surface area contributed by atoms with Gasteiger partial charge in [0.2, 0.25) is 5.91 Å². The molecule has 0 spiro atoms. The second-order valence-electron chi connectivity index (χ2n) is 5.41. The van der Waals surface area contributed by atoms with E-state index in [4.69, 9.17) is 16.3 Å². The number of rotatable bonds is 6. The Balaban J connectivity index is 1.51. The normalized spacial score (nSPS) is 11.0. The standard InChI is InChI=1S/C19H16ClN3O3/c20-19-15(23-11-5-4-8-16(23)22-19)9-10-17(24)21-12-18(25)26-13-14-6-2-1-3-7-14/h1-11H,12-13H2,(H,21,24)/b10-9+. The highest BCUT2D eigenvalue weighted by Gasteiger charge is 2.08. The van der Waals surface area contributed by atoms with Gasteiger partial charge in [0, 0.05) is 12.3 Å². The summed E-state index contributed by atoms with van der Waals surface area (Å²) in [5.41, 5.74) is 2.15. The van der Waals surface area contributed by atoms with E-state index in [1.54, 1.807) is 16.7 Å². The number of carbonyl (C=O) groups is 2. The Kier molecular flexibility index (Phi) is 5.66. The molecule has 0 fully saturated rings. The van der Waals surface area contributed by atoms with Gasteiger partial charge in [-0.15, -0.1) is 0 Å². The van der Waals surface area contributed by atoms with E-state index in [1.807, 2.05) is 48.5 Å². The van der Waals surface area contributed by atoms with Crippen LogP contribution in [0.25, 0.3) is 11.7 Å². The van der Waals surface area contributed by atoms with Crippen molar-refractivity contribution in [3.63, 3.8) is 0 Å². The number of amides is 1. The molecule has 3 rings (SSSR count). The summed E-state index contributed by atoms with van der Waals surface area (Å²) in [6.45, 7) is -0.0420. The third kappa shape index (κ3) is 4.49. The van der Waals surface area contributed by atoms with Gasteiger partial charge in [-0.3, -0.25) is 14.0 Å². The first-order chi connectivity index (χ1) is 12.6. The minimum Gasteiger partial charge on any atom is -0.460 e. The quantitative estimate of drug-likeness (QED) is 0.535. The fourth-order valence-electron chi connectivity index (χ4n) is 2.30. The largest absolute Gasteiger partial charge is 0.460 e. The monoisotopic (exact) mass is 369 g/mol. The molecular formula is C19H16ClN3O3. The van der Waals surface area contributed by atoms with Crippen LogP contribution in [-0.2, 0) is 20.9 Å². The van der Waals surface area contributed by atoms with Crippen molar-refractivity contribution in [3.8, 4) is 0 Å². The maximum atomic E-state index is 11.9. The molecule has 26 heavy (non-hydrogen) atoms. The van der Waals surface area contributed by atoms with E-state index in [2.05, 4.69) is 10.3 Å². The van der Waals surface area contributed by atoms with Crippen molar-refractivity contribution >= 4 is 35.2 Å². The van der Waals surface area contributed by atoms with E-state index in [0.717, 1.165) is 5.56 Å². The SMILES string of the molecule is O=C(/C=C/c1c(Cl)nc2ccccn12)NCC(=O)OCc1ccccc1. The van der Waals surface area contributed by atoms with Crippen LogP contribution in [0.1, 0.15) is 11.3 Å². The number of benzene rings is 1. The maximum Gasteiger partial charge on any atom is 0.325 e. The van der Waals surface area contributed by atoms with Gasteiger partial charge in [-0.1, -0.05) is 48.0 Å². The van der Waals surface area contributed by atoms with E-state index in [1.165, 1.54) is 6.08 Å². The lowest BCUT2D eigenvalue weighted by Gasteiger charge is -2.05. The molecule has 0 aliphatic carbocycles. The molecule has 1 amide bonds. The van der Waals surface area contributed by atoms with Crippen LogP contribution in [0.3, 0.4) is 0 Å². The molecular weight excluding hydrogens is 354 g/mol. The highest BCUT2D eigenvalue weighted by Crippen LogP contribution is 2.18. The fraction of sp³-hybridized carbons (Fsp3) is 0.105. The van der Waals surface area contributed by atoms with Gasteiger partial charge in [0.15, 0.2) is 5.15 Å². The number of aromatic nitrogens is 2. The van der Waals surface area contributed by atoms with E-state index in [0.29, 0.717) is 16.5 Å². The van der Waals surface area contributed by atoms with E-state index < -0.39 is 11.9 Å². The molecule has 0 unspecified atom stereocenters. The van der Waals surface area contributed by atoms with Gasteiger partial charge in [0.1, 0.15) is 18.8 Å². The molecule has 0 saturated heterocycles. The van der Waals surface area contributed by atoms with Gasteiger partial charge in [-0.25, -0.2) is 4.98 Å². The Bertz CT molecular complexity index is 951. The maximum absolute atomic E-state index is 11.9. The van der Waals surface area contributed by atoms with Gasteiger partial charge in [-0.05, 0) is 23.8 Å². The molecule has 0 radical (unpaired) electrons. The molecule has 0 bridgehead atoms. The Morgan fingerprint density at radius 2 is 1.92 bits per heavy atom. The summed E-state index contributed by atoms with van der Waals surface area (Å²) in [5, 5.41) is 2.77. The third-order valence-corrected chi connectivity index (χ3v) is 3.84. The first-order valence-corrected chi connectivity index (χ1v) is 8.29.